The quantitative estimate of drug-likeness (QED) is 0.659. The molecule has 0 aromatic heterocycles. The maximum Gasteiger partial charge on any atom is 0.311 e. The summed E-state index contributed by atoms with van der Waals surface area (Å²) in [7, 11) is 2.96. The fourth-order valence-corrected chi connectivity index (χ4v) is 3.53. The smallest absolute Gasteiger partial charge is 0.311 e. The van der Waals surface area contributed by atoms with Crippen LogP contribution in [0.2, 0.25) is 0 Å². The highest BCUT2D eigenvalue weighted by molar-refractivity contribution is 8.14. The van der Waals surface area contributed by atoms with Crippen LogP contribution in [0.4, 0.5) is 11.4 Å². The SMILES string of the molecule is COC(=O)CC1=CC(SCC(=O)NCc2cccc(OC)c2)=Nc2ccccc2N1. The lowest BCUT2D eigenvalue weighted by Crippen LogP contribution is -2.25. The Morgan fingerprint density at radius 2 is 1.97 bits per heavy atom. The van der Waals surface area contributed by atoms with Gasteiger partial charge in [0.1, 0.15) is 5.75 Å². The standard InChI is InChI=1S/C22H23N3O4S/c1-28-17-7-5-6-15(10-17)13-23-20(26)14-30-21-11-16(12-22(27)29-2)24-18-8-3-4-9-19(18)25-21/h3-11,24H,12-14H2,1-2H3,(H,23,26). The number of ether oxygens (including phenoxy) is 2. The summed E-state index contributed by atoms with van der Waals surface area (Å²) < 4.78 is 9.96. The van der Waals surface area contributed by atoms with Crippen molar-refractivity contribution in [3.05, 3.63) is 65.9 Å². The topological polar surface area (TPSA) is 89.0 Å². The summed E-state index contributed by atoms with van der Waals surface area (Å²) in [6.07, 6.45) is 1.86. The normalized spacial score (nSPS) is 12.5. The molecule has 1 aliphatic heterocycles. The third kappa shape index (κ3) is 6.12. The first-order chi connectivity index (χ1) is 14.6. The lowest BCUT2D eigenvalue weighted by molar-refractivity contribution is -0.139. The van der Waals surface area contributed by atoms with E-state index in [0.29, 0.717) is 17.3 Å². The van der Waals surface area contributed by atoms with Crippen LogP contribution in [0.3, 0.4) is 0 Å². The van der Waals surface area contributed by atoms with Crippen LogP contribution >= 0.6 is 11.8 Å². The first-order valence-electron chi connectivity index (χ1n) is 9.32. The number of aliphatic imine (C=N–C) groups is 1. The fourth-order valence-electron chi connectivity index (χ4n) is 2.76. The fraction of sp³-hybridized carbons (Fsp3) is 0.227. The number of thioether (sulfide) groups is 1. The number of benzene rings is 2. The highest BCUT2D eigenvalue weighted by Crippen LogP contribution is 2.31. The monoisotopic (exact) mass is 425 g/mol. The van der Waals surface area contributed by atoms with Crippen molar-refractivity contribution < 1.29 is 19.1 Å². The molecular weight excluding hydrogens is 402 g/mol. The van der Waals surface area contributed by atoms with Crippen molar-refractivity contribution in [1.29, 1.82) is 0 Å². The molecule has 0 bridgehead atoms. The number of nitrogens with zero attached hydrogens (tertiary/aromatic N) is 1. The van der Waals surface area contributed by atoms with Crippen molar-refractivity contribution in [3.63, 3.8) is 0 Å². The number of esters is 1. The molecule has 7 nitrogen and oxygen atoms in total. The number of fused-ring (bicyclic) bond motifs is 1. The number of methoxy groups -OCH3 is 2. The first kappa shape index (κ1) is 21.4. The van der Waals surface area contributed by atoms with E-state index in [-0.39, 0.29) is 24.1 Å². The van der Waals surface area contributed by atoms with Crippen LogP contribution in [0, 0.1) is 0 Å². The van der Waals surface area contributed by atoms with Crippen molar-refractivity contribution in [3.8, 4) is 5.75 Å². The van der Waals surface area contributed by atoms with Crippen molar-refractivity contribution >= 4 is 40.1 Å². The molecule has 2 aromatic rings. The Labute approximate surface area is 179 Å². The molecule has 8 heteroatoms. The second-order valence-electron chi connectivity index (χ2n) is 6.43. The molecule has 1 amide bonds. The minimum Gasteiger partial charge on any atom is -0.497 e. The van der Waals surface area contributed by atoms with E-state index in [9.17, 15) is 9.59 Å². The van der Waals surface area contributed by atoms with Gasteiger partial charge in [-0.15, -0.1) is 0 Å². The molecule has 0 unspecified atom stereocenters. The molecule has 0 fully saturated rings. The number of para-hydroxylation sites is 2. The van der Waals surface area contributed by atoms with Crippen molar-refractivity contribution in [2.45, 2.75) is 13.0 Å². The molecule has 1 heterocycles. The zero-order valence-corrected chi connectivity index (χ0v) is 17.6. The molecule has 0 saturated carbocycles. The lowest BCUT2D eigenvalue weighted by Gasteiger charge is -2.09. The zero-order chi connectivity index (χ0) is 21.3. The second-order valence-corrected chi connectivity index (χ2v) is 7.43. The van der Waals surface area contributed by atoms with Gasteiger partial charge in [0.15, 0.2) is 0 Å². The molecule has 0 spiro atoms. The Balaban J connectivity index is 1.64. The van der Waals surface area contributed by atoms with Gasteiger partial charge in [0.2, 0.25) is 5.91 Å². The Bertz CT molecular complexity index is 988. The number of nitrogens with one attached hydrogen (secondary N) is 2. The molecule has 156 valence electrons. The van der Waals surface area contributed by atoms with Gasteiger partial charge < -0.3 is 20.1 Å². The number of hydrogen-bond donors (Lipinski definition) is 2. The predicted molar refractivity (Wildman–Crippen MR) is 119 cm³/mol. The van der Waals surface area contributed by atoms with Crippen LogP contribution < -0.4 is 15.4 Å². The average Bonchev–Trinajstić information content (AvgIpc) is 2.94. The molecule has 30 heavy (non-hydrogen) atoms. The lowest BCUT2D eigenvalue weighted by atomic mass is 10.2. The number of rotatable bonds is 7. The van der Waals surface area contributed by atoms with Crippen LogP contribution in [0.15, 0.2) is 65.3 Å². The van der Waals surface area contributed by atoms with Gasteiger partial charge in [-0.1, -0.05) is 36.0 Å². The number of carbonyl (C=O) groups is 2. The Morgan fingerprint density at radius 3 is 2.77 bits per heavy atom. The van der Waals surface area contributed by atoms with Crippen LogP contribution in [0.1, 0.15) is 12.0 Å². The van der Waals surface area contributed by atoms with E-state index in [2.05, 4.69) is 15.6 Å². The van der Waals surface area contributed by atoms with Gasteiger partial charge in [-0.3, -0.25) is 9.59 Å². The Kier molecular flexibility index (Phi) is 7.51. The first-order valence-corrected chi connectivity index (χ1v) is 10.3. The minimum absolute atomic E-state index is 0.0897. The molecular formula is C22H23N3O4S. The van der Waals surface area contributed by atoms with Crippen LogP contribution in [0.25, 0.3) is 0 Å². The largest absolute Gasteiger partial charge is 0.497 e. The molecule has 3 rings (SSSR count). The molecule has 2 aromatic carbocycles. The van der Waals surface area contributed by atoms with E-state index in [1.807, 2.05) is 48.5 Å². The number of carbonyl (C=O) groups excluding carboxylic acids is 2. The van der Waals surface area contributed by atoms with E-state index < -0.39 is 0 Å². The van der Waals surface area contributed by atoms with E-state index in [1.54, 1.807) is 13.2 Å². The summed E-state index contributed by atoms with van der Waals surface area (Å²) >= 11 is 1.31. The summed E-state index contributed by atoms with van der Waals surface area (Å²) in [5.41, 5.74) is 3.16. The van der Waals surface area contributed by atoms with Crippen LogP contribution in [-0.4, -0.2) is 36.9 Å². The van der Waals surface area contributed by atoms with Crippen LogP contribution in [-0.2, 0) is 20.9 Å². The molecule has 0 radical (unpaired) electrons. The van der Waals surface area contributed by atoms with E-state index in [0.717, 1.165) is 22.7 Å². The van der Waals surface area contributed by atoms with E-state index >= 15 is 0 Å². The average molecular weight is 426 g/mol. The van der Waals surface area contributed by atoms with Crippen molar-refractivity contribution in [2.75, 3.05) is 25.3 Å². The number of hydrogen-bond acceptors (Lipinski definition) is 7. The van der Waals surface area contributed by atoms with E-state index in [4.69, 9.17) is 9.47 Å². The van der Waals surface area contributed by atoms with Gasteiger partial charge in [0.05, 0.1) is 42.8 Å². The predicted octanol–water partition coefficient (Wildman–Crippen LogP) is 3.65. The summed E-state index contributed by atoms with van der Waals surface area (Å²) in [6, 6.07) is 15.1. The van der Waals surface area contributed by atoms with Crippen LogP contribution in [0.5, 0.6) is 5.75 Å². The van der Waals surface area contributed by atoms with Gasteiger partial charge in [-0.25, -0.2) is 4.99 Å². The summed E-state index contributed by atoms with van der Waals surface area (Å²) in [5, 5.41) is 6.76. The zero-order valence-electron chi connectivity index (χ0n) is 16.8. The van der Waals surface area contributed by atoms with Crippen molar-refractivity contribution in [1.82, 2.24) is 5.32 Å². The maximum absolute atomic E-state index is 12.3. The Hall–Kier alpha value is -3.26. The molecule has 0 atom stereocenters. The highest BCUT2D eigenvalue weighted by atomic mass is 32.2. The van der Waals surface area contributed by atoms with Gasteiger partial charge in [-0.2, -0.15) is 0 Å². The summed E-state index contributed by atoms with van der Waals surface area (Å²) in [5.74, 6) is 0.485. The molecule has 1 aliphatic rings. The highest BCUT2D eigenvalue weighted by Gasteiger charge is 2.15. The summed E-state index contributed by atoms with van der Waals surface area (Å²) in [4.78, 5) is 28.7. The third-order valence-corrected chi connectivity index (χ3v) is 5.18. The van der Waals surface area contributed by atoms with E-state index in [1.165, 1.54) is 18.9 Å². The molecule has 0 aliphatic carbocycles. The van der Waals surface area contributed by atoms with Gasteiger partial charge in [0.25, 0.3) is 0 Å². The summed E-state index contributed by atoms with van der Waals surface area (Å²) in [6.45, 7) is 0.414. The second kappa shape index (κ2) is 10.5. The van der Waals surface area contributed by atoms with Crippen molar-refractivity contribution in [2.24, 2.45) is 4.99 Å². The van der Waals surface area contributed by atoms with Gasteiger partial charge >= 0.3 is 5.97 Å². The van der Waals surface area contributed by atoms with Gasteiger partial charge in [0, 0.05) is 12.2 Å². The maximum atomic E-state index is 12.3. The molecule has 2 N–H and O–H groups in total. The Morgan fingerprint density at radius 1 is 1.13 bits per heavy atom. The minimum atomic E-state index is -0.353. The number of amides is 1. The molecule has 0 saturated heterocycles. The third-order valence-electron chi connectivity index (χ3n) is 4.27. The number of anilines is 1. The van der Waals surface area contributed by atoms with Gasteiger partial charge in [-0.05, 0) is 35.9 Å².